The zero-order chi connectivity index (χ0) is 29.7. The molecule has 0 spiro atoms. The number of ether oxygens (including phenoxy) is 2. The number of hydrogen-bond acceptors (Lipinski definition) is 6. The second-order valence-electron chi connectivity index (χ2n) is 9.54. The Kier molecular flexibility index (Phi) is 12.3. The van der Waals surface area contributed by atoms with Crippen LogP contribution in [0.2, 0.25) is 0 Å². The van der Waals surface area contributed by atoms with Gasteiger partial charge < -0.3 is 19.7 Å². The lowest BCUT2D eigenvalue weighted by atomic mass is 10.0. The third-order valence-corrected chi connectivity index (χ3v) is 7.66. The quantitative estimate of drug-likeness (QED) is 0.258. The molecule has 0 fully saturated rings. The number of carbonyl (C=O) groups excluding carboxylic acids is 2. The van der Waals surface area contributed by atoms with E-state index in [1.807, 2.05) is 43.3 Å². The Balaban J connectivity index is 1.97. The first kappa shape index (κ1) is 31.8. The van der Waals surface area contributed by atoms with Crippen LogP contribution in [0.1, 0.15) is 36.1 Å². The van der Waals surface area contributed by atoms with Crippen LogP contribution in [0.4, 0.5) is 0 Å². The predicted octanol–water partition coefficient (Wildman–Crippen LogP) is 3.77. The number of nitrogens with zero attached hydrogens (tertiary/aromatic N) is 2. The van der Waals surface area contributed by atoms with Crippen molar-refractivity contribution in [1.82, 2.24) is 14.5 Å². The Morgan fingerprint density at radius 1 is 0.878 bits per heavy atom. The van der Waals surface area contributed by atoms with E-state index in [-0.39, 0.29) is 19.0 Å². The van der Waals surface area contributed by atoms with Gasteiger partial charge in [0.25, 0.3) is 0 Å². The van der Waals surface area contributed by atoms with Gasteiger partial charge in [-0.1, -0.05) is 72.8 Å². The standard InChI is InChI=1S/C31H39N3O6S/c1-4-40-21-11-20-32-31(36)30(27-14-9-6-10-15-27)34(23-26-16-18-28(39-2)19-17-26)29(35)24-33(41(3,37)38)22-25-12-7-5-8-13-25/h5-10,12-19,30H,4,11,20-24H2,1-3H3,(H,32,36)/t30-/m1/s1. The third-order valence-electron chi connectivity index (χ3n) is 6.46. The topological polar surface area (TPSA) is 105 Å². The van der Waals surface area contributed by atoms with Crippen molar-refractivity contribution in [2.45, 2.75) is 32.5 Å². The molecule has 0 bridgehead atoms. The van der Waals surface area contributed by atoms with Crippen molar-refractivity contribution < 1.29 is 27.5 Å². The van der Waals surface area contributed by atoms with E-state index >= 15 is 0 Å². The summed E-state index contributed by atoms with van der Waals surface area (Å²) in [6.45, 7) is 3.05. The SMILES string of the molecule is CCOCCCNC(=O)[C@@H](c1ccccc1)N(Cc1ccc(OC)cc1)C(=O)CN(Cc1ccccc1)S(C)(=O)=O. The molecule has 0 radical (unpaired) electrons. The summed E-state index contributed by atoms with van der Waals surface area (Å²) < 4.78 is 37.3. The molecule has 0 saturated heterocycles. The summed E-state index contributed by atoms with van der Waals surface area (Å²) in [7, 11) is -2.18. The van der Waals surface area contributed by atoms with Gasteiger partial charge in [0.05, 0.1) is 19.9 Å². The van der Waals surface area contributed by atoms with Crippen LogP contribution in [0.5, 0.6) is 5.75 Å². The highest BCUT2D eigenvalue weighted by atomic mass is 32.2. The largest absolute Gasteiger partial charge is 0.497 e. The summed E-state index contributed by atoms with van der Waals surface area (Å²) >= 11 is 0. The molecule has 3 aromatic carbocycles. The molecule has 220 valence electrons. The molecule has 3 aromatic rings. The Bertz CT molecular complexity index is 1340. The lowest BCUT2D eigenvalue weighted by Gasteiger charge is -2.33. The summed E-state index contributed by atoms with van der Waals surface area (Å²) in [5.74, 6) is -0.201. The molecule has 2 amide bonds. The normalized spacial score (nSPS) is 12.1. The van der Waals surface area contributed by atoms with Crippen molar-refractivity contribution >= 4 is 21.8 Å². The Morgan fingerprint density at radius 2 is 1.49 bits per heavy atom. The van der Waals surface area contributed by atoms with E-state index in [0.717, 1.165) is 21.7 Å². The van der Waals surface area contributed by atoms with Crippen molar-refractivity contribution in [1.29, 1.82) is 0 Å². The fourth-order valence-corrected chi connectivity index (χ4v) is 5.03. The monoisotopic (exact) mass is 581 g/mol. The van der Waals surface area contributed by atoms with Gasteiger partial charge in [0.1, 0.15) is 11.8 Å². The molecular weight excluding hydrogens is 542 g/mol. The van der Waals surface area contributed by atoms with Crippen molar-refractivity contribution in [3.63, 3.8) is 0 Å². The second kappa shape index (κ2) is 15.9. The number of carbonyl (C=O) groups is 2. The molecule has 0 aliphatic rings. The average molecular weight is 582 g/mol. The molecule has 3 rings (SSSR count). The van der Waals surface area contributed by atoms with Gasteiger partial charge in [-0.2, -0.15) is 4.31 Å². The van der Waals surface area contributed by atoms with E-state index in [9.17, 15) is 18.0 Å². The minimum atomic E-state index is -3.75. The highest BCUT2D eigenvalue weighted by Gasteiger charge is 2.33. The fourth-order valence-electron chi connectivity index (χ4n) is 4.31. The van der Waals surface area contributed by atoms with E-state index in [4.69, 9.17) is 9.47 Å². The minimum Gasteiger partial charge on any atom is -0.497 e. The van der Waals surface area contributed by atoms with Crippen LogP contribution in [0.25, 0.3) is 0 Å². The molecule has 1 atom stereocenters. The maximum Gasteiger partial charge on any atom is 0.247 e. The van der Waals surface area contributed by atoms with Gasteiger partial charge in [0, 0.05) is 32.8 Å². The molecule has 0 aromatic heterocycles. The van der Waals surface area contributed by atoms with Gasteiger partial charge >= 0.3 is 0 Å². The molecule has 0 heterocycles. The third kappa shape index (κ3) is 10.00. The number of rotatable bonds is 16. The number of methoxy groups -OCH3 is 1. The van der Waals surface area contributed by atoms with Crippen LogP contribution in [0.3, 0.4) is 0 Å². The molecule has 10 heteroatoms. The summed E-state index contributed by atoms with van der Waals surface area (Å²) in [6, 6.07) is 24.3. The van der Waals surface area contributed by atoms with Crippen LogP contribution in [0.15, 0.2) is 84.9 Å². The van der Waals surface area contributed by atoms with Gasteiger partial charge in [-0.05, 0) is 42.2 Å². The van der Waals surface area contributed by atoms with E-state index in [1.165, 1.54) is 4.90 Å². The Morgan fingerprint density at radius 3 is 2.07 bits per heavy atom. The van der Waals surface area contributed by atoms with Crippen LogP contribution in [0, 0.1) is 0 Å². The number of benzene rings is 3. The number of amides is 2. The maximum absolute atomic E-state index is 14.0. The molecule has 9 nitrogen and oxygen atoms in total. The molecule has 0 aliphatic carbocycles. The van der Waals surface area contributed by atoms with Gasteiger partial charge in [-0.25, -0.2) is 8.42 Å². The molecule has 1 N–H and O–H groups in total. The lowest BCUT2D eigenvalue weighted by Crippen LogP contribution is -2.48. The fraction of sp³-hybridized carbons (Fsp3) is 0.355. The smallest absolute Gasteiger partial charge is 0.247 e. The molecule has 0 aliphatic heterocycles. The Labute approximate surface area is 243 Å². The highest BCUT2D eigenvalue weighted by Crippen LogP contribution is 2.25. The first-order valence-electron chi connectivity index (χ1n) is 13.5. The van der Waals surface area contributed by atoms with E-state index in [1.54, 1.807) is 55.6 Å². The zero-order valence-corrected chi connectivity index (χ0v) is 24.7. The van der Waals surface area contributed by atoms with Gasteiger partial charge in [-0.3, -0.25) is 9.59 Å². The van der Waals surface area contributed by atoms with Crippen LogP contribution in [-0.2, 0) is 37.4 Å². The first-order chi connectivity index (χ1) is 19.7. The summed E-state index contributed by atoms with van der Waals surface area (Å²) in [5.41, 5.74) is 2.13. The van der Waals surface area contributed by atoms with E-state index in [0.29, 0.717) is 37.5 Å². The number of nitrogens with one attached hydrogen (secondary N) is 1. The second-order valence-corrected chi connectivity index (χ2v) is 11.5. The molecule has 0 saturated carbocycles. The van der Waals surface area contributed by atoms with Crippen molar-refractivity contribution in [2.24, 2.45) is 0 Å². The number of hydrogen-bond donors (Lipinski definition) is 1. The highest BCUT2D eigenvalue weighted by molar-refractivity contribution is 7.88. The average Bonchev–Trinajstić information content (AvgIpc) is 2.97. The predicted molar refractivity (Wildman–Crippen MR) is 159 cm³/mol. The van der Waals surface area contributed by atoms with Gasteiger partial charge in [-0.15, -0.1) is 0 Å². The van der Waals surface area contributed by atoms with Gasteiger partial charge in [0.15, 0.2) is 0 Å². The van der Waals surface area contributed by atoms with Crippen LogP contribution in [-0.4, -0.2) is 69.1 Å². The lowest BCUT2D eigenvalue weighted by molar-refractivity contribution is -0.141. The summed E-state index contributed by atoms with van der Waals surface area (Å²) in [6.07, 6.45) is 1.70. The zero-order valence-electron chi connectivity index (χ0n) is 23.9. The Hall–Kier alpha value is -3.73. The molecular formula is C31H39N3O6S. The van der Waals surface area contributed by atoms with Crippen molar-refractivity contribution in [3.05, 3.63) is 102 Å². The van der Waals surface area contributed by atoms with E-state index < -0.39 is 28.5 Å². The maximum atomic E-state index is 14.0. The summed E-state index contributed by atoms with van der Waals surface area (Å²) in [5, 5.41) is 2.94. The van der Waals surface area contributed by atoms with Crippen molar-refractivity contribution in [3.8, 4) is 5.75 Å². The molecule has 0 unspecified atom stereocenters. The molecule has 41 heavy (non-hydrogen) atoms. The van der Waals surface area contributed by atoms with E-state index in [2.05, 4.69) is 5.32 Å². The van der Waals surface area contributed by atoms with Crippen LogP contribution < -0.4 is 10.1 Å². The van der Waals surface area contributed by atoms with Gasteiger partial charge in [0.2, 0.25) is 21.8 Å². The first-order valence-corrected chi connectivity index (χ1v) is 15.4. The minimum absolute atomic E-state index is 0.0292. The summed E-state index contributed by atoms with van der Waals surface area (Å²) in [4.78, 5) is 29.2. The number of sulfonamides is 1. The van der Waals surface area contributed by atoms with Crippen molar-refractivity contribution in [2.75, 3.05) is 39.7 Å². The van der Waals surface area contributed by atoms with Crippen LogP contribution >= 0.6 is 0 Å².